The zero-order valence-electron chi connectivity index (χ0n) is 11.4. The number of nitrogens with one attached hydrogen (secondary N) is 2. The zero-order valence-corrected chi connectivity index (χ0v) is 11.4. The minimum Gasteiger partial charge on any atom is -0.371 e. The van der Waals surface area contributed by atoms with Gasteiger partial charge in [-0.2, -0.15) is 0 Å². The summed E-state index contributed by atoms with van der Waals surface area (Å²) in [6, 6.07) is 4.99. The summed E-state index contributed by atoms with van der Waals surface area (Å²) in [4.78, 5) is 22.1. The molecule has 1 rings (SSSR count). The fraction of sp³-hybridized carbons (Fsp3) is 0.462. The molecular weight excluding hydrogens is 246 g/mol. The van der Waals surface area contributed by atoms with Crippen LogP contribution in [0.1, 0.15) is 19.4 Å². The highest BCUT2D eigenvalue weighted by Gasteiger charge is 2.16. The highest BCUT2D eigenvalue weighted by Crippen LogP contribution is 2.27. The van der Waals surface area contributed by atoms with Gasteiger partial charge in [-0.05, 0) is 18.9 Å². The van der Waals surface area contributed by atoms with Gasteiger partial charge in [-0.3, -0.25) is 14.9 Å². The first-order valence-electron chi connectivity index (χ1n) is 6.16. The van der Waals surface area contributed by atoms with Gasteiger partial charge in [-0.25, -0.2) is 0 Å². The lowest BCUT2D eigenvalue weighted by Crippen LogP contribution is -2.32. The Balaban J connectivity index is 2.65. The Bertz CT molecular complexity index is 472. The van der Waals surface area contributed by atoms with E-state index in [2.05, 4.69) is 10.6 Å². The molecule has 2 N–H and O–H groups in total. The lowest BCUT2D eigenvalue weighted by molar-refractivity contribution is -0.384. The molecule has 19 heavy (non-hydrogen) atoms. The molecule has 1 aromatic rings. The van der Waals surface area contributed by atoms with Gasteiger partial charge in [0.1, 0.15) is 5.69 Å². The van der Waals surface area contributed by atoms with Gasteiger partial charge in [0.2, 0.25) is 5.91 Å². The number of hydrogen-bond donors (Lipinski definition) is 2. The van der Waals surface area contributed by atoms with E-state index in [0.29, 0.717) is 23.7 Å². The SMILES string of the molecule is Cc1cccc(NCC(=O)NCC(C)C)c1[N+](=O)[O-]. The molecule has 0 heterocycles. The van der Waals surface area contributed by atoms with Crippen LogP contribution in [0.25, 0.3) is 0 Å². The molecule has 0 aromatic heterocycles. The molecule has 0 aliphatic rings. The summed E-state index contributed by atoms with van der Waals surface area (Å²) < 4.78 is 0. The molecule has 6 nitrogen and oxygen atoms in total. The van der Waals surface area contributed by atoms with E-state index in [9.17, 15) is 14.9 Å². The number of carbonyl (C=O) groups excluding carboxylic acids is 1. The molecule has 0 radical (unpaired) electrons. The van der Waals surface area contributed by atoms with Crippen molar-refractivity contribution >= 4 is 17.3 Å². The maximum absolute atomic E-state index is 11.5. The highest BCUT2D eigenvalue weighted by molar-refractivity contribution is 5.81. The topological polar surface area (TPSA) is 84.3 Å². The average Bonchev–Trinajstić information content (AvgIpc) is 2.33. The van der Waals surface area contributed by atoms with Gasteiger partial charge in [0.05, 0.1) is 11.5 Å². The number of amides is 1. The number of aryl methyl sites for hydroxylation is 1. The highest BCUT2D eigenvalue weighted by atomic mass is 16.6. The summed E-state index contributed by atoms with van der Waals surface area (Å²) in [5.41, 5.74) is 0.946. The van der Waals surface area contributed by atoms with Crippen molar-refractivity contribution in [1.82, 2.24) is 5.32 Å². The van der Waals surface area contributed by atoms with Crippen LogP contribution in [0.4, 0.5) is 11.4 Å². The number of benzene rings is 1. The van der Waals surface area contributed by atoms with E-state index < -0.39 is 4.92 Å². The quantitative estimate of drug-likeness (QED) is 0.609. The van der Waals surface area contributed by atoms with Gasteiger partial charge < -0.3 is 10.6 Å². The lowest BCUT2D eigenvalue weighted by Gasteiger charge is -2.10. The minimum atomic E-state index is -0.441. The molecular formula is C13H19N3O3. The molecule has 0 atom stereocenters. The van der Waals surface area contributed by atoms with E-state index in [1.165, 1.54) is 0 Å². The maximum Gasteiger partial charge on any atom is 0.295 e. The van der Waals surface area contributed by atoms with E-state index >= 15 is 0 Å². The van der Waals surface area contributed by atoms with E-state index in [1.54, 1.807) is 25.1 Å². The third-order valence-electron chi connectivity index (χ3n) is 2.57. The number of rotatable bonds is 6. The Morgan fingerprint density at radius 3 is 2.68 bits per heavy atom. The fourth-order valence-corrected chi connectivity index (χ4v) is 1.60. The molecule has 0 aliphatic carbocycles. The number of para-hydroxylation sites is 1. The smallest absolute Gasteiger partial charge is 0.295 e. The molecule has 6 heteroatoms. The summed E-state index contributed by atoms with van der Waals surface area (Å²) in [5, 5.41) is 16.5. The van der Waals surface area contributed by atoms with Crippen molar-refractivity contribution in [3.05, 3.63) is 33.9 Å². The number of nitro groups is 1. The number of anilines is 1. The molecule has 104 valence electrons. The normalized spacial score (nSPS) is 10.3. The first-order chi connectivity index (χ1) is 8.91. The monoisotopic (exact) mass is 265 g/mol. The second kappa shape index (κ2) is 6.72. The summed E-state index contributed by atoms with van der Waals surface area (Å²) >= 11 is 0. The van der Waals surface area contributed by atoms with Crippen molar-refractivity contribution in [2.45, 2.75) is 20.8 Å². The van der Waals surface area contributed by atoms with Crippen molar-refractivity contribution in [1.29, 1.82) is 0 Å². The second-order valence-corrected chi connectivity index (χ2v) is 4.78. The van der Waals surface area contributed by atoms with Gasteiger partial charge in [-0.15, -0.1) is 0 Å². The molecule has 1 amide bonds. The second-order valence-electron chi connectivity index (χ2n) is 4.78. The number of carbonyl (C=O) groups is 1. The number of nitro benzene ring substituents is 1. The Kier molecular flexibility index (Phi) is 5.29. The summed E-state index contributed by atoms with van der Waals surface area (Å²) in [5.74, 6) is 0.196. The Morgan fingerprint density at radius 2 is 2.11 bits per heavy atom. The third kappa shape index (κ3) is 4.57. The fourth-order valence-electron chi connectivity index (χ4n) is 1.60. The Hall–Kier alpha value is -2.11. The Labute approximate surface area is 112 Å². The number of nitrogens with zero attached hydrogens (tertiary/aromatic N) is 1. The molecule has 0 saturated heterocycles. The Morgan fingerprint density at radius 1 is 1.42 bits per heavy atom. The van der Waals surface area contributed by atoms with Crippen LogP contribution < -0.4 is 10.6 Å². The summed E-state index contributed by atoms with van der Waals surface area (Å²) in [6.07, 6.45) is 0. The lowest BCUT2D eigenvalue weighted by atomic mass is 10.1. The van der Waals surface area contributed by atoms with Gasteiger partial charge >= 0.3 is 0 Å². The maximum atomic E-state index is 11.5. The van der Waals surface area contributed by atoms with Crippen LogP contribution in [0.3, 0.4) is 0 Å². The average molecular weight is 265 g/mol. The van der Waals surface area contributed by atoms with Gasteiger partial charge in [0.15, 0.2) is 0 Å². The van der Waals surface area contributed by atoms with Crippen LogP contribution in [0.15, 0.2) is 18.2 Å². The standard InChI is InChI=1S/C13H19N3O3/c1-9(2)7-15-12(17)8-14-11-6-4-5-10(3)13(11)16(18)19/h4-6,9,14H,7-8H2,1-3H3,(H,15,17). The largest absolute Gasteiger partial charge is 0.371 e. The first-order valence-corrected chi connectivity index (χ1v) is 6.16. The predicted octanol–water partition coefficient (Wildman–Crippen LogP) is 2.09. The molecule has 0 aliphatic heterocycles. The van der Waals surface area contributed by atoms with Crippen LogP contribution in [0.2, 0.25) is 0 Å². The molecule has 0 saturated carbocycles. The molecule has 0 fully saturated rings. The third-order valence-corrected chi connectivity index (χ3v) is 2.57. The number of hydrogen-bond acceptors (Lipinski definition) is 4. The zero-order chi connectivity index (χ0) is 14.4. The molecule has 0 spiro atoms. The van der Waals surface area contributed by atoms with Crippen LogP contribution >= 0.6 is 0 Å². The van der Waals surface area contributed by atoms with Gasteiger partial charge in [0.25, 0.3) is 5.69 Å². The van der Waals surface area contributed by atoms with Crippen molar-refractivity contribution in [2.24, 2.45) is 5.92 Å². The summed E-state index contributed by atoms with van der Waals surface area (Å²) in [6.45, 7) is 6.29. The summed E-state index contributed by atoms with van der Waals surface area (Å²) in [7, 11) is 0. The van der Waals surface area contributed by atoms with Crippen LogP contribution in [-0.4, -0.2) is 23.9 Å². The van der Waals surface area contributed by atoms with Crippen molar-refractivity contribution < 1.29 is 9.72 Å². The molecule has 0 unspecified atom stereocenters. The van der Waals surface area contributed by atoms with Crippen molar-refractivity contribution in [3.8, 4) is 0 Å². The van der Waals surface area contributed by atoms with E-state index in [-0.39, 0.29) is 18.1 Å². The van der Waals surface area contributed by atoms with Crippen molar-refractivity contribution in [3.63, 3.8) is 0 Å². The minimum absolute atomic E-state index is 0.0131. The molecule has 1 aromatic carbocycles. The van der Waals surface area contributed by atoms with Gasteiger partial charge in [0, 0.05) is 12.1 Å². The van der Waals surface area contributed by atoms with E-state index in [1.807, 2.05) is 13.8 Å². The van der Waals surface area contributed by atoms with Gasteiger partial charge in [-0.1, -0.05) is 26.0 Å². The van der Waals surface area contributed by atoms with Crippen LogP contribution in [-0.2, 0) is 4.79 Å². The van der Waals surface area contributed by atoms with Crippen molar-refractivity contribution in [2.75, 3.05) is 18.4 Å². The first kappa shape index (κ1) is 14.9. The molecule has 0 bridgehead atoms. The van der Waals surface area contributed by atoms with Crippen LogP contribution in [0, 0.1) is 23.0 Å². The predicted molar refractivity (Wildman–Crippen MR) is 74.2 cm³/mol. The van der Waals surface area contributed by atoms with E-state index in [4.69, 9.17) is 0 Å². The van der Waals surface area contributed by atoms with Crippen LogP contribution in [0.5, 0.6) is 0 Å². The van der Waals surface area contributed by atoms with E-state index in [0.717, 1.165) is 0 Å².